The van der Waals surface area contributed by atoms with Crippen molar-refractivity contribution in [3.63, 3.8) is 0 Å². The predicted octanol–water partition coefficient (Wildman–Crippen LogP) is 1.77. The summed E-state index contributed by atoms with van der Waals surface area (Å²) >= 11 is 0. The molecule has 88 valence electrons. The molecule has 1 amide bonds. The molecule has 0 aromatic rings. The smallest absolute Gasteiger partial charge is 0.410 e. The summed E-state index contributed by atoms with van der Waals surface area (Å²) in [7, 11) is 0. The van der Waals surface area contributed by atoms with Crippen LogP contribution in [0.15, 0.2) is 0 Å². The second kappa shape index (κ2) is 6.67. The van der Waals surface area contributed by atoms with Crippen molar-refractivity contribution in [3.8, 4) is 0 Å². The lowest BCUT2D eigenvalue weighted by molar-refractivity contribution is 0.0660. The second-order valence-corrected chi connectivity index (χ2v) is 3.92. The zero-order valence-electron chi connectivity index (χ0n) is 9.45. The first-order chi connectivity index (χ1) is 7.29. The lowest BCUT2D eigenvalue weighted by Gasteiger charge is -2.32. The zero-order valence-corrected chi connectivity index (χ0v) is 9.45. The third-order valence-electron chi connectivity index (χ3n) is 2.91. The molecular weight excluding hydrogens is 194 g/mol. The molecule has 1 aliphatic rings. The van der Waals surface area contributed by atoms with Gasteiger partial charge in [-0.1, -0.05) is 19.3 Å². The van der Waals surface area contributed by atoms with Crippen LogP contribution in [0.3, 0.4) is 0 Å². The summed E-state index contributed by atoms with van der Waals surface area (Å²) < 4.78 is 4.93. The summed E-state index contributed by atoms with van der Waals surface area (Å²) in [6.45, 7) is 2.65. The zero-order chi connectivity index (χ0) is 11.1. The number of hydrogen-bond acceptors (Lipinski definition) is 3. The molecule has 0 aliphatic heterocycles. The number of hydrogen-bond donors (Lipinski definition) is 1. The SMILES string of the molecule is CCN(C(=O)OCCO)C1CCCCC1. The van der Waals surface area contributed by atoms with Gasteiger partial charge in [0.05, 0.1) is 6.61 Å². The van der Waals surface area contributed by atoms with E-state index in [9.17, 15) is 4.79 Å². The van der Waals surface area contributed by atoms with Gasteiger partial charge in [0, 0.05) is 12.6 Å². The summed E-state index contributed by atoms with van der Waals surface area (Å²) in [5.41, 5.74) is 0. The number of rotatable bonds is 4. The van der Waals surface area contributed by atoms with Crippen LogP contribution in [0.5, 0.6) is 0 Å². The first kappa shape index (κ1) is 12.3. The lowest BCUT2D eigenvalue weighted by atomic mass is 9.94. The van der Waals surface area contributed by atoms with Crippen LogP contribution in [0.25, 0.3) is 0 Å². The van der Waals surface area contributed by atoms with E-state index < -0.39 is 0 Å². The van der Waals surface area contributed by atoms with E-state index in [1.807, 2.05) is 6.92 Å². The molecule has 0 heterocycles. The maximum absolute atomic E-state index is 11.6. The number of nitrogens with zero attached hydrogens (tertiary/aromatic N) is 1. The summed E-state index contributed by atoms with van der Waals surface area (Å²) in [5.74, 6) is 0. The standard InChI is InChI=1S/C11H21NO3/c1-2-12(11(14)15-9-8-13)10-6-4-3-5-7-10/h10,13H,2-9H2,1H3. The van der Waals surface area contributed by atoms with Gasteiger partial charge in [-0.05, 0) is 19.8 Å². The van der Waals surface area contributed by atoms with Gasteiger partial charge in [-0.25, -0.2) is 4.79 Å². The van der Waals surface area contributed by atoms with Crippen molar-refractivity contribution in [2.75, 3.05) is 19.8 Å². The van der Waals surface area contributed by atoms with Crippen molar-refractivity contribution in [2.24, 2.45) is 0 Å². The maximum atomic E-state index is 11.6. The highest BCUT2D eigenvalue weighted by Crippen LogP contribution is 2.22. The van der Waals surface area contributed by atoms with E-state index in [0.717, 1.165) is 12.8 Å². The van der Waals surface area contributed by atoms with E-state index in [1.165, 1.54) is 19.3 Å². The summed E-state index contributed by atoms with van der Waals surface area (Å²) in [6.07, 6.45) is 5.57. The first-order valence-electron chi connectivity index (χ1n) is 5.83. The minimum Gasteiger partial charge on any atom is -0.447 e. The van der Waals surface area contributed by atoms with Gasteiger partial charge < -0.3 is 14.7 Å². The molecule has 1 aliphatic carbocycles. The number of carbonyl (C=O) groups is 1. The summed E-state index contributed by atoms with van der Waals surface area (Å²) in [6, 6.07) is 0.343. The van der Waals surface area contributed by atoms with Crippen molar-refractivity contribution in [3.05, 3.63) is 0 Å². The fourth-order valence-electron chi connectivity index (χ4n) is 2.14. The van der Waals surface area contributed by atoms with Crippen LogP contribution in [0.4, 0.5) is 4.79 Å². The highest BCUT2D eigenvalue weighted by Gasteiger charge is 2.24. The molecule has 1 saturated carbocycles. The van der Waals surface area contributed by atoms with Crippen LogP contribution in [0.1, 0.15) is 39.0 Å². The molecule has 0 saturated heterocycles. The molecule has 0 aromatic heterocycles. The Kier molecular flexibility index (Phi) is 5.47. The number of carbonyl (C=O) groups excluding carboxylic acids is 1. The Morgan fingerprint density at radius 2 is 2.07 bits per heavy atom. The van der Waals surface area contributed by atoms with Crippen LogP contribution >= 0.6 is 0 Å². The van der Waals surface area contributed by atoms with E-state index >= 15 is 0 Å². The van der Waals surface area contributed by atoms with Gasteiger partial charge in [-0.15, -0.1) is 0 Å². The maximum Gasteiger partial charge on any atom is 0.410 e. The van der Waals surface area contributed by atoms with E-state index in [1.54, 1.807) is 4.90 Å². The van der Waals surface area contributed by atoms with Gasteiger partial charge >= 0.3 is 6.09 Å². The third-order valence-corrected chi connectivity index (χ3v) is 2.91. The molecular formula is C11H21NO3. The normalized spacial score (nSPS) is 17.5. The van der Waals surface area contributed by atoms with E-state index in [2.05, 4.69) is 0 Å². The molecule has 4 nitrogen and oxygen atoms in total. The van der Waals surface area contributed by atoms with Gasteiger partial charge in [-0.2, -0.15) is 0 Å². The Bertz CT molecular complexity index is 190. The summed E-state index contributed by atoms with van der Waals surface area (Å²) in [5, 5.41) is 8.58. The monoisotopic (exact) mass is 215 g/mol. The Hall–Kier alpha value is -0.770. The second-order valence-electron chi connectivity index (χ2n) is 3.92. The molecule has 1 rings (SSSR count). The fraction of sp³-hybridized carbons (Fsp3) is 0.909. The van der Waals surface area contributed by atoms with Gasteiger partial charge in [0.2, 0.25) is 0 Å². The quantitative estimate of drug-likeness (QED) is 0.777. The molecule has 0 spiro atoms. The van der Waals surface area contributed by atoms with Crippen LogP contribution in [0.2, 0.25) is 0 Å². The minimum absolute atomic E-state index is 0.0993. The Morgan fingerprint density at radius 3 is 2.60 bits per heavy atom. The highest BCUT2D eigenvalue weighted by atomic mass is 16.6. The average Bonchev–Trinajstić information content (AvgIpc) is 2.29. The predicted molar refractivity (Wildman–Crippen MR) is 57.7 cm³/mol. The Balaban J connectivity index is 2.41. The van der Waals surface area contributed by atoms with Crippen molar-refractivity contribution in [1.29, 1.82) is 0 Å². The van der Waals surface area contributed by atoms with E-state index in [4.69, 9.17) is 9.84 Å². The van der Waals surface area contributed by atoms with Gasteiger partial charge in [-0.3, -0.25) is 0 Å². The van der Waals surface area contributed by atoms with Gasteiger partial charge in [0.1, 0.15) is 6.61 Å². The molecule has 0 radical (unpaired) electrons. The van der Waals surface area contributed by atoms with Crippen molar-refractivity contribution < 1.29 is 14.6 Å². The van der Waals surface area contributed by atoms with Crippen LogP contribution < -0.4 is 0 Å². The van der Waals surface area contributed by atoms with Gasteiger partial charge in [0.25, 0.3) is 0 Å². The van der Waals surface area contributed by atoms with E-state index in [0.29, 0.717) is 12.6 Å². The number of aliphatic hydroxyl groups excluding tert-OH is 1. The largest absolute Gasteiger partial charge is 0.447 e. The molecule has 4 heteroatoms. The van der Waals surface area contributed by atoms with E-state index in [-0.39, 0.29) is 19.3 Å². The van der Waals surface area contributed by atoms with Crippen LogP contribution in [0, 0.1) is 0 Å². The molecule has 15 heavy (non-hydrogen) atoms. The topological polar surface area (TPSA) is 49.8 Å². The molecule has 1 fully saturated rings. The first-order valence-corrected chi connectivity index (χ1v) is 5.83. The molecule has 0 aromatic carbocycles. The van der Waals surface area contributed by atoms with Crippen LogP contribution in [-0.2, 0) is 4.74 Å². The molecule has 0 bridgehead atoms. The lowest BCUT2D eigenvalue weighted by Crippen LogP contribution is -2.41. The van der Waals surface area contributed by atoms with Crippen molar-refractivity contribution in [2.45, 2.75) is 45.1 Å². The third kappa shape index (κ3) is 3.70. The number of ether oxygens (including phenoxy) is 1. The molecule has 1 N–H and O–H groups in total. The molecule has 0 atom stereocenters. The molecule has 0 unspecified atom stereocenters. The highest BCUT2D eigenvalue weighted by molar-refractivity contribution is 5.68. The van der Waals surface area contributed by atoms with Crippen molar-refractivity contribution >= 4 is 6.09 Å². The average molecular weight is 215 g/mol. The fourth-order valence-corrected chi connectivity index (χ4v) is 2.14. The van der Waals surface area contributed by atoms with Crippen molar-refractivity contribution in [1.82, 2.24) is 4.90 Å². The Morgan fingerprint density at radius 1 is 1.40 bits per heavy atom. The number of amides is 1. The Labute approximate surface area is 91.2 Å². The van der Waals surface area contributed by atoms with Crippen LogP contribution in [-0.4, -0.2) is 41.9 Å². The minimum atomic E-state index is -0.279. The van der Waals surface area contributed by atoms with Gasteiger partial charge in [0.15, 0.2) is 0 Å². The summed E-state index contributed by atoms with van der Waals surface area (Å²) in [4.78, 5) is 13.4. The number of aliphatic hydroxyl groups is 1.